The molecule has 10 nitrogen and oxygen atoms in total. The van der Waals surface area contributed by atoms with Crippen molar-refractivity contribution in [3.8, 4) is 11.8 Å². The Morgan fingerprint density at radius 2 is 1.90 bits per heavy atom. The summed E-state index contributed by atoms with van der Waals surface area (Å²) >= 11 is 5.97. The van der Waals surface area contributed by atoms with Gasteiger partial charge in [0.2, 0.25) is 5.91 Å². The van der Waals surface area contributed by atoms with Gasteiger partial charge in [-0.1, -0.05) is 11.6 Å². The molecule has 2 aliphatic rings. The van der Waals surface area contributed by atoms with Crippen molar-refractivity contribution in [1.29, 1.82) is 5.26 Å². The number of nitriles is 1. The molecule has 0 unspecified atom stereocenters. The minimum absolute atomic E-state index is 0.0231. The molecule has 2 aliphatic heterocycles. The number of benzene rings is 2. The zero-order chi connectivity index (χ0) is 28.9. The molecule has 206 valence electrons. The Morgan fingerprint density at radius 3 is 2.52 bits per heavy atom. The van der Waals surface area contributed by atoms with Crippen molar-refractivity contribution in [2.24, 2.45) is 0 Å². The van der Waals surface area contributed by atoms with E-state index < -0.39 is 40.7 Å². The molecule has 1 N–H and O–H groups in total. The molecule has 1 saturated heterocycles. The van der Waals surface area contributed by atoms with Crippen LogP contribution >= 0.6 is 11.6 Å². The zero-order valence-corrected chi connectivity index (χ0v) is 21.7. The predicted molar refractivity (Wildman–Crippen MR) is 136 cm³/mol. The molecule has 5 rings (SSSR count). The SMILES string of the molecule is COc1ccc(C(=O)Nc2cnn3c2C(=O)N(c2ccc(C(F)(F)F)c(Cl)c2)[C@H]2CN(C(C)=O)C[C@@H]23)cc1C#N. The average molecular weight is 573 g/mol. The summed E-state index contributed by atoms with van der Waals surface area (Å²) in [5.74, 6) is -1.25. The highest BCUT2D eigenvalue weighted by Gasteiger charge is 2.49. The fraction of sp³-hybridized carbons (Fsp3) is 0.269. The summed E-state index contributed by atoms with van der Waals surface area (Å²) in [4.78, 5) is 42.0. The lowest BCUT2D eigenvalue weighted by molar-refractivity contribution is -0.137. The lowest BCUT2D eigenvalue weighted by Gasteiger charge is -2.37. The molecule has 40 heavy (non-hydrogen) atoms. The van der Waals surface area contributed by atoms with Crippen molar-refractivity contribution in [2.45, 2.75) is 25.2 Å². The quantitative estimate of drug-likeness (QED) is 0.502. The number of ether oxygens (including phenoxy) is 1. The van der Waals surface area contributed by atoms with E-state index in [1.54, 1.807) is 0 Å². The van der Waals surface area contributed by atoms with Crippen molar-refractivity contribution in [3.05, 3.63) is 70.0 Å². The van der Waals surface area contributed by atoms with Gasteiger partial charge in [0.25, 0.3) is 11.8 Å². The smallest absolute Gasteiger partial charge is 0.417 e. The van der Waals surface area contributed by atoms with E-state index in [9.17, 15) is 32.8 Å². The number of nitrogens with zero attached hydrogens (tertiary/aromatic N) is 5. The minimum atomic E-state index is -4.69. The van der Waals surface area contributed by atoms with Crippen LogP contribution in [-0.2, 0) is 11.0 Å². The van der Waals surface area contributed by atoms with Crippen LogP contribution in [0, 0.1) is 11.3 Å². The van der Waals surface area contributed by atoms with E-state index >= 15 is 0 Å². The standard InChI is InChI=1S/C26H20ClF3N6O4/c1-13(37)34-11-20-21(12-34)36-23(25(39)35(20)16-4-5-17(18(27)8-16)26(28,29)30)19(10-32-36)33-24(38)14-3-6-22(40-2)15(7-14)9-31/h3-8,10,20-21H,11-12H2,1-2H3,(H,33,38)/t20-,21-/m0/s1. The molecule has 0 aliphatic carbocycles. The third kappa shape index (κ3) is 4.50. The Labute approximate surface area is 230 Å². The number of rotatable bonds is 4. The number of halogens is 4. The van der Waals surface area contributed by atoms with Gasteiger partial charge in [-0.25, -0.2) is 0 Å². The number of carbonyl (C=O) groups is 3. The van der Waals surface area contributed by atoms with E-state index in [4.69, 9.17) is 16.3 Å². The maximum absolute atomic E-state index is 13.9. The van der Waals surface area contributed by atoms with Gasteiger partial charge in [0.05, 0.1) is 47.2 Å². The summed E-state index contributed by atoms with van der Waals surface area (Å²) in [6.07, 6.45) is -3.40. The second-order valence-corrected chi connectivity index (χ2v) is 9.64. The number of methoxy groups -OCH3 is 1. The van der Waals surface area contributed by atoms with Gasteiger partial charge in [0.15, 0.2) is 5.69 Å². The molecule has 2 atom stereocenters. The Balaban J connectivity index is 1.55. The van der Waals surface area contributed by atoms with Crippen LogP contribution < -0.4 is 15.0 Å². The number of aromatic nitrogens is 2. The third-order valence-electron chi connectivity index (χ3n) is 6.93. The molecule has 0 saturated carbocycles. The zero-order valence-electron chi connectivity index (χ0n) is 21.0. The second-order valence-electron chi connectivity index (χ2n) is 9.23. The highest BCUT2D eigenvalue weighted by Crippen LogP contribution is 2.41. The molecule has 1 aromatic heterocycles. The highest BCUT2D eigenvalue weighted by molar-refractivity contribution is 6.32. The van der Waals surface area contributed by atoms with E-state index in [1.165, 1.54) is 52.9 Å². The Kier molecular flexibility index (Phi) is 6.67. The number of amides is 3. The van der Waals surface area contributed by atoms with E-state index in [2.05, 4.69) is 10.4 Å². The van der Waals surface area contributed by atoms with Gasteiger partial charge in [-0.2, -0.15) is 23.5 Å². The van der Waals surface area contributed by atoms with Crippen LogP contribution in [-0.4, -0.2) is 58.6 Å². The van der Waals surface area contributed by atoms with Crippen molar-refractivity contribution < 1.29 is 32.3 Å². The van der Waals surface area contributed by atoms with Crippen LogP contribution in [0.3, 0.4) is 0 Å². The van der Waals surface area contributed by atoms with E-state index in [1.807, 2.05) is 6.07 Å². The van der Waals surface area contributed by atoms with E-state index in [0.29, 0.717) is 0 Å². The number of anilines is 2. The second kappa shape index (κ2) is 9.87. The molecule has 3 heterocycles. The lowest BCUT2D eigenvalue weighted by Crippen LogP contribution is -2.51. The first kappa shape index (κ1) is 27.0. The van der Waals surface area contributed by atoms with Crippen molar-refractivity contribution >= 4 is 40.7 Å². The third-order valence-corrected chi connectivity index (χ3v) is 7.25. The first-order valence-electron chi connectivity index (χ1n) is 11.9. The van der Waals surface area contributed by atoms with Gasteiger partial charge < -0.3 is 15.0 Å². The fourth-order valence-corrected chi connectivity index (χ4v) is 5.31. The molecule has 14 heteroatoms. The number of likely N-dealkylation sites (tertiary alicyclic amines) is 1. The summed E-state index contributed by atoms with van der Waals surface area (Å²) < 4.78 is 46.5. The van der Waals surface area contributed by atoms with Crippen LogP contribution in [0.5, 0.6) is 5.75 Å². The van der Waals surface area contributed by atoms with Gasteiger partial charge in [-0.05, 0) is 36.4 Å². The molecule has 0 spiro atoms. The van der Waals surface area contributed by atoms with Crippen LogP contribution in [0.15, 0.2) is 42.6 Å². The first-order valence-corrected chi connectivity index (χ1v) is 12.2. The molecule has 1 fully saturated rings. The predicted octanol–water partition coefficient (Wildman–Crippen LogP) is 4.12. The number of hydrogen-bond acceptors (Lipinski definition) is 6. The summed E-state index contributed by atoms with van der Waals surface area (Å²) in [6.45, 7) is 1.68. The van der Waals surface area contributed by atoms with E-state index in [-0.39, 0.29) is 52.9 Å². The van der Waals surface area contributed by atoms with Crippen molar-refractivity contribution in [3.63, 3.8) is 0 Å². The number of hydrogen-bond donors (Lipinski definition) is 1. The van der Waals surface area contributed by atoms with Gasteiger partial charge in [-0.3, -0.25) is 24.0 Å². The molecule has 3 aromatic rings. The Bertz CT molecular complexity index is 1600. The summed E-state index contributed by atoms with van der Waals surface area (Å²) in [5, 5.41) is 15.7. The molecule has 0 radical (unpaired) electrons. The monoisotopic (exact) mass is 572 g/mol. The maximum Gasteiger partial charge on any atom is 0.417 e. The molecule has 3 amide bonds. The lowest BCUT2D eigenvalue weighted by atomic mass is 10.0. The van der Waals surface area contributed by atoms with Crippen molar-refractivity contribution in [1.82, 2.24) is 14.7 Å². The average Bonchev–Trinajstić information content (AvgIpc) is 3.53. The summed E-state index contributed by atoms with van der Waals surface area (Å²) in [5.41, 5.74) is -0.677. The number of nitrogens with one attached hydrogen (secondary N) is 1. The molecular formula is C26H20ClF3N6O4. The Hall–Kier alpha value is -4.57. The largest absolute Gasteiger partial charge is 0.495 e. The van der Waals surface area contributed by atoms with Crippen molar-refractivity contribution in [2.75, 3.05) is 30.4 Å². The minimum Gasteiger partial charge on any atom is -0.495 e. The number of alkyl halides is 3. The van der Waals surface area contributed by atoms with Gasteiger partial charge in [-0.15, -0.1) is 0 Å². The van der Waals surface area contributed by atoms with Crippen LogP contribution in [0.25, 0.3) is 0 Å². The molecular weight excluding hydrogens is 553 g/mol. The van der Waals surface area contributed by atoms with Gasteiger partial charge in [0, 0.05) is 31.3 Å². The molecule has 0 bridgehead atoms. The fourth-order valence-electron chi connectivity index (χ4n) is 5.03. The van der Waals surface area contributed by atoms with Crippen LogP contribution in [0.2, 0.25) is 5.02 Å². The summed E-state index contributed by atoms with van der Waals surface area (Å²) in [7, 11) is 1.39. The normalized spacial score (nSPS) is 18.2. The maximum atomic E-state index is 13.9. The number of carbonyl (C=O) groups excluding carboxylic acids is 3. The molecule has 2 aromatic carbocycles. The van der Waals surface area contributed by atoms with E-state index in [0.717, 1.165) is 18.2 Å². The van der Waals surface area contributed by atoms with Crippen LogP contribution in [0.1, 0.15) is 44.9 Å². The Morgan fingerprint density at radius 1 is 1.18 bits per heavy atom. The van der Waals surface area contributed by atoms with Gasteiger partial charge in [0.1, 0.15) is 11.8 Å². The first-order chi connectivity index (χ1) is 18.9. The van der Waals surface area contributed by atoms with Gasteiger partial charge >= 0.3 is 6.18 Å². The highest BCUT2D eigenvalue weighted by atomic mass is 35.5. The topological polar surface area (TPSA) is 121 Å². The number of fused-ring (bicyclic) bond motifs is 3. The summed E-state index contributed by atoms with van der Waals surface area (Å²) in [6, 6.07) is 7.98. The van der Waals surface area contributed by atoms with Crippen LogP contribution in [0.4, 0.5) is 24.5 Å².